The first-order valence-electron chi connectivity index (χ1n) is 9.08. The van der Waals surface area contributed by atoms with E-state index in [9.17, 15) is 18.0 Å². The van der Waals surface area contributed by atoms with Gasteiger partial charge in [-0.25, -0.2) is 4.98 Å². The van der Waals surface area contributed by atoms with Crippen LogP contribution >= 0.6 is 11.3 Å². The molecule has 3 N–H and O–H groups in total. The molecule has 4 aromatic rings. The number of thiazole rings is 1. The third-order valence-corrected chi connectivity index (χ3v) is 5.67. The molecular weight excluding hydrogens is 427 g/mol. The number of benzene rings is 3. The Kier molecular flexibility index (Phi) is 5.28. The standard InChI is InChI=1S/C22H16F3N3O2S/c1-30-15-7-9-18-19(11-15)31-21(28-18)12-2-5-14(6-3-12)27-20(29)13-4-8-17(26)16(10-13)22(23,24)25/h2-11H,26H2,1H3,(H,27,29). The average Bonchev–Trinajstić information content (AvgIpc) is 3.17. The number of alkyl halides is 3. The van der Waals surface area contributed by atoms with Crippen molar-refractivity contribution in [2.75, 3.05) is 18.2 Å². The van der Waals surface area contributed by atoms with Crippen molar-refractivity contribution in [1.29, 1.82) is 0 Å². The van der Waals surface area contributed by atoms with Crippen molar-refractivity contribution >= 4 is 38.8 Å². The smallest absolute Gasteiger partial charge is 0.418 e. The zero-order valence-corrected chi connectivity index (χ0v) is 17.0. The first-order chi connectivity index (χ1) is 14.7. The number of anilines is 2. The maximum atomic E-state index is 13.0. The molecule has 0 bridgehead atoms. The fourth-order valence-corrected chi connectivity index (χ4v) is 4.00. The van der Waals surface area contributed by atoms with Crippen LogP contribution in [0.25, 0.3) is 20.8 Å². The molecule has 0 atom stereocenters. The van der Waals surface area contributed by atoms with Crippen LogP contribution in [0.1, 0.15) is 15.9 Å². The number of carbonyl (C=O) groups is 1. The van der Waals surface area contributed by atoms with Gasteiger partial charge in [-0.1, -0.05) is 0 Å². The number of rotatable bonds is 4. The molecule has 0 saturated heterocycles. The molecule has 31 heavy (non-hydrogen) atoms. The summed E-state index contributed by atoms with van der Waals surface area (Å²) >= 11 is 1.50. The van der Waals surface area contributed by atoms with E-state index in [0.717, 1.165) is 38.7 Å². The Morgan fingerprint density at radius 1 is 1.06 bits per heavy atom. The molecule has 9 heteroatoms. The number of nitrogens with zero attached hydrogens (tertiary/aromatic N) is 1. The quantitative estimate of drug-likeness (QED) is 0.389. The van der Waals surface area contributed by atoms with E-state index < -0.39 is 23.3 Å². The van der Waals surface area contributed by atoms with Gasteiger partial charge in [0.05, 0.1) is 22.9 Å². The highest BCUT2D eigenvalue weighted by molar-refractivity contribution is 7.21. The van der Waals surface area contributed by atoms with Crippen molar-refractivity contribution in [3.63, 3.8) is 0 Å². The van der Waals surface area contributed by atoms with Crippen LogP contribution in [0.5, 0.6) is 5.75 Å². The molecule has 1 amide bonds. The van der Waals surface area contributed by atoms with Crippen LogP contribution in [0, 0.1) is 0 Å². The Bertz CT molecular complexity index is 1270. The van der Waals surface area contributed by atoms with E-state index in [1.165, 1.54) is 17.4 Å². The largest absolute Gasteiger partial charge is 0.497 e. The van der Waals surface area contributed by atoms with Gasteiger partial charge in [0.1, 0.15) is 10.8 Å². The average molecular weight is 443 g/mol. The molecule has 1 aromatic heterocycles. The van der Waals surface area contributed by atoms with E-state index in [2.05, 4.69) is 10.3 Å². The Labute approximate surface area is 179 Å². The molecule has 0 aliphatic rings. The van der Waals surface area contributed by atoms with Crippen molar-refractivity contribution in [3.05, 3.63) is 71.8 Å². The van der Waals surface area contributed by atoms with E-state index in [1.54, 1.807) is 31.4 Å². The normalized spacial score (nSPS) is 11.5. The first kappa shape index (κ1) is 20.7. The number of fused-ring (bicyclic) bond motifs is 1. The van der Waals surface area contributed by atoms with Gasteiger partial charge in [0.25, 0.3) is 5.91 Å². The van der Waals surface area contributed by atoms with Gasteiger partial charge in [-0.2, -0.15) is 13.2 Å². The second kappa shape index (κ2) is 7.92. The Morgan fingerprint density at radius 3 is 2.48 bits per heavy atom. The maximum Gasteiger partial charge on any atom is 0.418 e. The minimum Gasteiger partial charge on any atom is -0.497 e. The van der Waals surface area contributed by atoms with Crippen LogP contribution in [-0.4, -0.2) is 18.0 Å². The molecule has 0 saturated carbocycles. The van der Waals surface area contributed by atoms with Gasteiger partial charge in [-0.05, 0) is 60.7 Å². The predicted molar refractivity (Wildman–Crippen MR) is 115 cm³/mol. The third kappa shape index (κ3) is 4.31. The Morgan fingerprint density at radius 2 is 1.81 bits per heavy atom. The van der Waals surface area contributed by atoms with Gasteiger partial charge in [0.15, 0.2) is 0 Å². The zero-order valence-electron chi connectivity index (χ0n) is 16.2. The first-order valence-corrected chi connectivity index (χ1v) is 9.89. The summed E-state index contributed by atoms with van der Waals surface area (Å²) in [5.74, 6) is 0.0856. The Hall–Kier alpha value is -3.59. The number of ether oxygens (including phenoxy) is 1. The molecule has 5 nitrogen and oxygen atoms in total. The molecule has 0 radical (unpaired) electrons. The number of nitrogens with two attached hydrogens (primary N) is 1. The topological polar surface area (TPSA) is 77.2 Å². The summed E-state index contributed by atoms with van der Waals surface area (Å²) in [6.07, 6.45) is -4.64. The number of amides is 1. The fraction of sp³-hybridized carbons (Fsp3) is 0.0909. The summed E-state index contributed by atoms with van der Waals surface area (Å²) < 4.78 is 45.3. The number of hydrogen-bond donors (Lipinski definition) is 2. The van der Waals surface area contributed by atoms with Crippen LogP contribution < -0.4 is 15.8 Å². The number of hydrogen-bond acceptors (Lipinski definition) is 5. The number of carbonyl (C=O) groups excluding carboxylic acids is 1. The van der Waals surface area contributed by atoms with Crippen molar-refractivity contribution in [3.8, 4) is 16.3 Å². The lowest BCUT2D eigenvalue weighted by atomic mass is 10.1. The summed E-state index contributed by atoms with van der Waals surface area (Å²) in [6.45, 7) is 0. The lowest BCUT2D eigenvalue weighted by Crippen LogP contribution is -2.15. The summed E-state index contributed by atoms with van der Waals surface area (Å²) in [7, 11) is 1.60. The number of nitrogens with one attached hydrogen (secondary N) is 1. The molecule has 0 fully saturated rings. The lowest BCUT2D eigenvalue weighted by molar-refractivity contribution is -0.136. The molecule has 0 spiro atoms. The van der Waals surface area contributed by atoms with Crippen LogP contribution in [0.3, 0.4) is 0 Å². The van der Waals surface area contributed by atoms with Crippen molar-refractivity contribution in [1.82, 2.24) is 4.98 Å². The number of methoxy groups -OCH3 is 1. The minimum absolute atomic E-state index is 0.134. The van der Waals surface area contributed by atoms with Gasteiger partial charge in [0, 0.05) is 22.5 Å². The zero-order chi connectivity index (χ0) is 22.2. The summed E-state index contributed by atoms with van der Waals surface area (Å²) in [5, 5.41) is 3.40. The molecule has 3 aromatic carbocycles. The SMILES string of the molecule is COc1ccc2nc(-c3ccc(NC(=O)c4ccc(N)c(C(F)(F)F)c4)cc3)sc2c1. The number of aromatic nitrogens is 1. The van der Waals surface area contributed by atoms with Gasteiger partial charge >= 0.3 is 6.18 Å². The van der Waals surface area contributed by atoms with Crippen LogP contribution in [0.4, 0.5) is 24.5 Å². The van der Waals surface area contributed by atoms with E-state index >= 15 is 0 Å². The van der Waals surface area contributed by atoms with Crippen LogP contribution in [0.15, 0.2) is 60.7 Å². The second-order valence-corrected chi connectivity index (χ2v) is 7.71. The Balaban J connectivity index is 1.53. The third-order valence-electron chi connectivity index (χ3n) is 4.61. The van der Waals surface area contributed by atoms with Gasteiger partial charge in [0.2, 0.25) is 0 Å². The highest BCUT2D eigenvalue weighted by Crippen LogP contribution is 2.35. The lowest BCUT2D eigenvalue weighted by Gasteiger charge is -2.12. The molecule has 158 valence electrons. The minimum atomic E-state index is -4.64. The summed E-state index contributed by atoms with van der Waals surface area (Å²) in [5.41, 5.74) is 5.93. The van der Waals surface area contributed by atoms with E-state index in [0.29, 0.717) is 5.69 Å². The predicted octanol–water partition coefficient (Wildman–Crippen LogP) is 5.83. The monoisotopic (exact) mass is 443 g/mol. The number of nitrogen functional groups attached to an aromatic ring is 1. The van der Waals surface area contributed by atoms with Crippen molar-refractivity contribution in [2.45, 2.75) is 6.18 Å². The fourth-order valence-electron chi connectivity index (χ4n) is 3.00. The number of halogens is 3. The highest BCUT2D eigenvalue weighted by Gasteiger charge is 2.33. The molecule has 4 rings (SSSR count). The second-order valence-electron chi connectivity index (χ2n) is 6.68. The molecule has 0 unspecified atom stereocenters. The van der Waals surface area contributed by atoms with E-state index in [4.69, 9.17) is 10.5 Å². The van der Waals surface area contributed by atoms with Crippen molar-refractivity contribution in [2.24, 2.45) is 0 Å². The van der Waals surface area contributed by atoms with E-state index in [1.807, 2.05) is 18.2 Å². The molecule has 1 heterocycles. The maximum absolute atomic E-state index is 13.0. The van der Waals surface area contributed by atoms with Gasteiger partial charge in [-0.15, -0.1) is 11.3 Å². The van der Waals surface area contributed by atoms with E-state index in [-0.39, 0.29) is 5.56 Å². The van der Waals surface area contributed by atoms with Crippen LogP contribution in [0.2, 0.25) is 0 Å². The van der Waals surface area contributed by atoms with Gasteiger partial charge in [-0.3, -0.25) is 4.79 Å². The molecule has 0 aliphatic carbocycles. The molecular formula is C22H16F3N3O2S. The molecule has 0 aliphatic heterocycles. The summed E-state index contributed by atoms with van der Waals surface area (Å²) in [4.78, 5) is 17.0. The van der Waals surface area contributed by atoms with Crippen LogP contribution in [-0.2, 0) is 6.18 Å². The van der Waals surface area contributed by atoms with Crippen molar-refractivity contribution < 1.29 is 22.7 Å². The van der Waals surface area contributed by atoms with Gasteiger partial charge < -0.3 is 15.8 Å². The highest BCUT2D eigenvalue weighted by atomic mass is 32.1. The summed E-state index contributed by atoms with van der Waals surface area (Å²) in [6, 6.07) is 15.6.